The second-order valence-corrected chi connectivity index (χ2v) is 6.67. The van der Waals surface area contributed by atoms with Crippen LogP contribution in [0, 0.1) is 16.0 Å². The predicted octanol–water partition coefficient (Wildman–Crippen LogP) is 4.73. The molecule has 120 valence electrons. The largest absolute Gasteiger partial charge is 0.326 e. The second-order valence-electron chi connectivity index (χ2n) is 5.52. The van der Waals surface area contributed by atoms with Crippen molar-refractivity contribution in [3.8, 4) is 0 Å². The van der Waals surface area contributed by atoms with Gasteiger partial charge in [0.2, 0.25) is 5.91 Å². The number of non-ortho nitro benzene ring substituents is 1. The molecule has 0 saturated carbocycles. The Hall–Kier alpha value is -2.34. The van der Waals surface area contributed by atoms with Gasteiger partial charge < -0.3 is 5.32 Å². The van der Waals surface area contributed by atoms with Crippen molar-refractivity contribution in [3.05, 3.63) is 58.6 Å². The van der Waals surface area contributed by atoms with Crippen LogP contribution >= 0.6 is 11.8 Å². The van der Waals surface area contributed by atoms with Crippen molar-refractivity contribution in [2.24, 2.45) is 5.92 Å². The van der Waals surface area contributed by atoms with Gasteiger partial charge in [0.1, 0.15) is 0 Å². The standard InChI is InChI=1S/C17H18N2O3S/c1-12(2)11-17(20)18-13-3-7-15(8-4-13)23-16-9-5-14(6-10-16)19(21)22/h3-10,12H,11H2,1-2H3,(H,18,20). The summed E-state index contributed by atoms with van der Waals surface area (Å²) < 4.78 is 0. The van der Waals surface area contributed by atoms with Gasteiger partial charge in [0, 0.05) is 34.0 Å². The summed E-state index contributed by atoms with van der Waals surface area (Å²) >= 11 is 1.51. The Balaban J connectivity index is 1.97. The number of nitro groups is 1. The molecule has 2 aromatic rings. The summed E-state index contributed by atoms with van der Waals surface area (Å²) in [5.74, 6) is 0.336. The molecule has 0 spiro atoms. The highest BCUT2D eigenvalue weighted by atomic mass is 32.2. The Morgan fingerprint density at radius 1 is 1.09 bits per heavy atom. The molecule has 2 rings (SSSR count). The lowest BCUT2D eigenvalue weighted by Crippen LogP contribution is -2.13. The number of nitrogens with zero attached hydrogens (tertiary/aromatic N) is 1. The zero-order chi connectivity index (χ0) is 16.8. The molecule has 0 radical (unpaired) electrons. The molecule has 0 aliphatic rings. The molecule has 0 bridgehead atoms. The number of nitrogens with one attached hydrogen (secondary N) is 1. The molecule has 0 aliphatic carbocycles. The number of anilines is 1. The average Bonchev–Trinajstić information content (AvgIpc) is 2.49. The smallest absolute Gasteiger partial charge is 0.269 e. The number of hydrogen-bond donors (Lipinski definition) is 1. The molecule has 0 saturated heterocycles. The fraction of sp³-hybridized carbons (Fsp3) is 0.235. The topological polar surface area (TPSA) is 72.2 Å². The summed E-state index contributed by atoms with van der Waals surface area (Å²) in [7, 11) is 0. The van der Waals surface area contributed by atoms with E-state index in [2.05, 4.69) is 5.32 Å². The third-order valence-electron chi connectivity index (χ3n) is 3.01. The Kier molecular flexibility index (Phi) is 5.76. The molecule has 0 fully saturated rings. The summed E-state index contributed by atoms with van der Waals surface area (Å²) in [5, 5.41) is 13.5. The van der Waals surface area contributed by atoms with Crippen molar-refractivity contribution in [1.82, 2.24) is 0 Å². The Labute approximate surface area is 139 Å². The van der Waals surface area contributed by atoms with Crippen LogP contribution in [-0.2, 0) is 4.79 Å². The zero-order valence-electron chi connectivity index (χ0n) is 13.0. The van der Waals surface area contributed by atoms with Gasteiger partial charge in [-0.25, -0.2) is 0 Å². The Morgan fingerprint density at radius 2 is 1.61 bits per heavy atom. The molecule has 5 nitrogen and oxygen atoms in total. The summed E-state index contributed by atoms with van der Waals surface area (Å²) in [6.07, 6.45) is 0.499. The van der Waals surface area contributed by atoms with Gasteiger partial charge >= 0.3 is 0 Å². The van der Waals surface area contributed by atoms with Gasteiger partial charge in [-0.2, -0.15) is 0 Å². The van der Waals surface area contributed by atoms with E-state index in [4.69, 9.17) is 0 Å². The van der Waals surface area contributed by atoms with Crippen LogP contribution in [0.5, 0.6) is 0 Å². The SMILES string of the molecule is CC(C)CC(=O)Nc1ccc(Sc2ccc([N+](=O)[O-])cc2)cc1. The first-order chi connectivity index (χ1) is 10.9. The fourth-order valence-corrected chi connectivity index (χ4v) is 2.78. The van der Waals surface area contributed by atoms with E-state index in [1.54, 1.807) is 12.1 Å². The maximum atomic E-state index is 11.7. The maximum absolute atomic E-state index is 11.7. The number of rotatable bonds is 6. The van der Waals surface area contributed by atoms with Crippen LogP contribution in [0.3, 0.4) is 0 Å². The van der Waals surface area contributed by atoms with Crippen molar-refractivity contribution in [3.63, 3.8) is 0 Å². The first kappa shape index (κ1) is 17.0. The quantitative estimate of drug-likeness (QED) is 0.614. The molecule has 0 heterocycles. The number of amides is 1. The third kappa shape index (κ3) is 5.41. The van der Waals surface area contributed by atoms with E-state index in [1.165, 1.54) is 23.9 Å². The molecule has 0 aliphatic heterocycles. The number of carbonyl (C=O) groups is 1. The van der Waals surface area contributed by atoms with E-state index < -0.39 is 4.92 Å². The molecule has 0 atom stereocenters. The van der Waals surface area contributed by atoms with Crippen molar-refractivity contribution in [2.45, 2.75) is 30.1 Å². The van der Waals surface area contributed by atoms with E-state index in [0.717, 1.165) is 15.5 Å². The maximum Gasteiger partial charge on any atom is 0.269 e. The minimum atomic E-state index is -0.414. The van der Waals surface area contributed by atoms with Gasteiger partial charge in [0.05, 0.1) is 4.92 Å². The van der Waals surface area contributed by atoms with Crippen molar-refractivity contribution in [2.75, 3.05) is 5.32 Å². The van der Waals surface area contributed by atoms with Gasteiger partial charge in [-0.15, -0.1) is 0 Å². The van der Waals surface area contributed by atoms with Gasteiger partial charge in [0.25, 0.3) is 5.69 Å². The van der Waals surface area contributed by atoms with Gasteiger partial charge in [0.15, 0.2) is 0 Å². The summed E-state index contributed by atoms with van der Waals surface area (Å²) in [6, 6.07) is 14.0. The molecule has 23 heavy (non-hydrogen) atoms. The fourth-order valence-electron chi connectivity index (χ4n) is 1.96. The van der Waals surface area contributed by atoms with Crippen molar-refractivity contribution < 1.29 is 9.72 Å². The number of nitro benzene ring substituents is 1. The van der Waals surface area contributed by atoms with Crippen molar-refractivity contribution >= 4 is 29.0 Å². The van der Waals surface area contributed by atoms with Gasteiger partial charge in [-0.05, 0) is 42.3 Å². The van der Waals surface area contributed by atoms with E-state index in [9.17, 15) is 14.9 Å². The highest BCUT2D eigenvalue weighted by Crippen LogP contribution is 2.29. The molecule has 0 unspecified atom stereocenters. The number of hydrogen-bond acceptors (Lipinski definition) is 4. The van der Waals surface area contributed by atoms with Crippen LogP contribution in [0.2, 0.25) is 0 Å². The highest BCUT2D eigenvalue weighted by Gasteiger charge is 2.07. The lowest BCUT2D eigenvalue weighted by atomic mass is 10.1. The van der Waals surface area contributed by atoms with Crippen LogP contribution in [0.25, 0.3) is 0 Å². The Morgan fingerprint density at radius 3 is 2.09 bits per heavy atom. The first-order valence-corrected chi connectivity index (χ1v) is 8.08. The zero-order valence-corrected chi connectivity index (χ0v) is 13.8. The monoisotopic (exact) mass is 330 g/mol. The highest BCUT2D eigenvalue weighted by molar-refractivity contribution is 7.99. The molecule has 1 amide bonds. The minimum absolute atomic E-state index is 0.00997. The van der Waals surface area contributed by atoms with Gasteiger partial charge in [-0.3, -0.25) is 14.9 Å². The van der Waals surface area contributed by atoms with Crippen LogP contribution in [0.1, 0.15) is 20.3 Å². The second kappa shape index (κ2) is 7.78. The summed E-state index contributed by atoms with van der Waals surface area (Å²) in [4.78, 5) is 23.9. The molecular formula is C17H18N2O3S. The van der Waals surface area contributed by atoms with E-state index in [-0.39, 0.29) is 11.6 Å². The van der Waals surface area contributed by atoms with Crippen LogP contribution < -0.4 is 5.32 Å². The number of benzene rings is 2. The normalized spacial score (nSPS) is 10.6. The molecule has 0 aromatic heterocycles. The minimum Gasteiger partial charge on any atom is -0.326 e. The third-order valence-corrected chi connectivity index (χ3v) is 4.03. The van der Waals surface area contributed by atoms with Gasteiger partial charge in [-0.1, -0.05) is 25.6 Å². The first-order valence-electron chi connectivity index (χ1n) is 7.26. The Bertz CT molecular complexity index is 682. The van der Waals surface area contributed by atoms with Crippen LogP contribution in [0.15, 0.2) is 58.3 Å². The van der Waals surface area contributed by atoms with E-state index >= 15 is 0 Å². The lowest BCUT2D eigenvalue weighted by molar-refractivity contribution is -0.384. The van der Waals surface area contributed by atoms with E-state index in [1.807, 2.05) is 38.1 Å². The average molecular weight is 330 g/mol. The molecule has 1 N–H and O–H groups in total. The summed E-state index contributed by atoms with van der Waals surface area (Å²) in [6.45, 7) is 4.01. The number of carbonyl (C=O) groups excluding carboxylic acids is 1. The van der Waals surface area contributed by atoms with Crippen LogP contribution in [0.4, 0.5) is 11.4 Å². The predicted molar refractivity (Wildman–Crippen MR) is 91.7 cm³/mol. The lowest BCUT2D eigenvalue weighted by Gasteiger charge is -2.08. The molecular weight excluding hydrogens is 312 g/mol. The molecule has 6 heteroatoms. The van der Waals surface area contributed by atoms with Crippen LogP contribution in [-0.4, -0.2) is 10.8 Å². The van der Waals surface area contributed by atoms with Crippen molar-refractivity contribution in [1.29, 1.82) is 0 Å². The summed E-state index contributed by atoms with van der Waals surface area (Å²) in [5.41, 5.74) is 0.848. The molecule has 2 aromatic carbocycles. The van der Waals surface area contributed by atoms with E-state index in [0.29, 0.717) is 12.3 Å².